The molecule has 186 valence electrons. The number of aromatic nitrogens is 1. The normalized spacial score (nSPS) is 11.9. The van der Waals surface area contributed by atoms with Crippen LogP contribution in [-0.4, -0.2) is 27.0 Å². The first kappa shape index (κ1) is 25.3. The molecule has 0 bridgehead atoms. The van der Waals surface area contributed by atoms with Crippen LogP contribution in [0, 0.1) is 5.92 Å². The van der Waals surface area contributed by atoms with Crippen LogP contribution < -0.4 is 14.2 Å². The molecule has 3 aromatic carbocycles. The minimum Gasteiger partial charge on any atom is -0.489 e. The lowest BCUT2D eigenvalue weighted by Crippen LogP contribution is -2.29. The van der Waals surface area contributed by atoms with Gasteiger partial charge in [0.25, 0.3) is 6.10 Å². The SMILES string of the molecule is CC(C)CC(Oc1ccc(Cl)cc1COc1cccc(OCc2ccc3ccccc3n2)c1)C(O)=[OH+]. The van der Waals surface area contributed by atoms with E-state index in [1.54, 1.807) is 24.3 Å². The van der Waals surface area contributed by atoms with Gasteiger partial charge in [-0.1, -0.05) is 55.8 Å². The number of aliphatic carboxylic acids is 1. The van der Waals surface area contributed by atoms with Crippen molar-refractivity contribution in [1.82, 2.24) is 4.98 Å². The average Bonchev–Trinajstić information content (AvgIpc) is 2.87. The van der Waals surface area contributed by atoms with Gasteiger partial charge < -0.3 is 24.1 Å². The Bertz CT molecular complexity index is 1340. The van der Waals surface area contributed by atoms with Crippen molar-refractivity contribution in [3.8, 4) is 17.2 Å². The number of aliphatic hydroxyl groups excluding tert-OH is 1. The van der Waals surface area contributed by atoms with Crippen molar-refractivity contribution in [1.29, 1.82) is 0 Å². The van der Waals surface area contributed by atoms with Crippen LogP contribution in [0.15, 0.2) is 78.9 Å². The number of ether oxygens (including phenoxy) is 3. The summed E-state index contributed by atoms with van der Waals surface area (Å²) in [7, 11) is 0. The van der Waals surface area contributed by atoms with Gasteiger partial charge in [-0.15, -0.1) is 0 Å². The van der Waals surface area contributed by atoms with Gasteiger partial charge in [-0.05, 0) is 48.4 Å². The van der Waals surface area contributed by atoms with Crippen molar-refractivity contribution < 1.29 is 24.1 Å². The molecule has 1 unspecified atom stereocenters. The number of halogens is 1. The molecular formula is C29H29ClNO5+. The topological polar surface area (TPSA) is 82.2 Å². The Morgan fingerprint density at radius 2 is 1.67 bits per heavy atom. The zero-order valence-corrected chi connectivity index (χ0v) is 21.0. The third kappa shape index (κ3) is 6.89. The molecule has 2 N–H and O–H groups in total. The van der Waals surface area contributed by atoms with Crippen molar-refractivity contribution in [2.75, 3.05) is 0 Å². The molecule has 0 aliphatic heterocycles. The molecule has 36 heavy (non-hydrogen) atoms. The van der Waals surface area contributed by atoms with Crippen molar-refractivity contribution >= 4 is 28.5 Å². The van der Waals surface area contributed by atoms with E-state index in [-0.39, 0.29) is 12.5 Å². The molecule has 1 heterocycles. The van der Waals surface area contributed by atoms with Crippen LogP contribution in [0.5, 0.6) is 17.2 Å². The fraction of sp³-hybridized carbons (Fsp3) is 0.241. The molecule has 4 aromatic rings. The highest BCUT2D eigenvalue weighted by molar-refractivity contribution is 6.30. The monoisotopic (exact) mass is 506 g/mol. The maximum atomic E-state index is 9.66. The minimum atomic E-state index is -0.842. The van der Waals surface area contributed by atoms with Crippen LogP contribution in [0.3, 0.4) is 0 Å². The molecule has 6 nitrogen and oxygen atoms in total. The summed E-state index contributed by atoms with van der Waals surface area (Å²) in [5.41, 5.74) is 2.45. The predicted molar refractivity (Wildman–Crippen MR) is 142 cm³/mol. The molecule has 4 rings (SSSR count). The molecule has 0 aliphatic rings. The Morgan fingerprint density at radius 3 is 2.42 bits per heavy atom. The van der Waals surface area contributed by atoms with E-state index in [2.05, 4.69) is 4.98 Å². The number of fused-ring (bicyclic) bond motifs is 1. The van der Waals surface area contributed by atoms with E-state index in [0.29, 0.717) is 40.9 Å². The number of nitrogens with zero attached hydrogens (tertiary/aromatic N) is 1. The highest BCUT2D eigenvalue weighted by Crippen LogP contribution is 2.28. The predicted octanol–water partition coefficient (Wildman–Crippen LogP) is 6.90. The van der Waals surface area contributed by atoms with Crippen LogP contribution in [0.1, 0.15) is 31.5 Å². The summed E-state index contributed by atoms with van der Waals surface area (Å²) in [5.74, 6) is 1.20. The third-order valence-electron chi connectivity index (χ3n) is 5.51. The first-order chi connectivity index (χ1) is 17.4. The van der Waals surface area contributed by atoms with Gasteiger partial charge in [-0.3, -0.25) is 0 Å². The van der Waals surface area contributed by atoms with Gasteiger partial charge in [0.05, 0.1) is 11.2 Å². The Morgan fingerprint density at radius 1 is 0.917 bits per heavy atom. The summed E-state index contributed by atoms with van der Waals surface area (Å²) in [6.45, 7) is 4.47. The van der Waals surface area contributed by atoms with Crippen molar-refractivity contribution in [2.24, 2.45) is 5.92 Å². The van der Waals surface area contributed by atoms with E-state index in [0.717, 1.165) is 16.6 Å². The van der Waals surface area contributed by atoms with Gasteiger partial charge in [0, 0.05) is 28.5 Å². The number of benzene rings is 3. The molecule has 0 aliphatic carbocycles. The van der Waals surface area contributed by atoms with E-state index >= 15 is 0 Å². The molecule has 0 radical (unpaired) electrons. The lowest BCUT2D eigenvalue weighted by Gasteiger charge is -2.17. The summed E-state index contributed by atoms with van der Waals surface area (Å²) < 4.78 is 17.8. The van der Waals surface area contributed by atoms with Crippen LogP contribution >= 0.6 is 11.6 Å². The Kier molecular flexibility index (Phi) is 8.28. The first-order valence-corrected chi connectivity index (χ1v) is 12.2. The number of carboxylic acids is 1. The third-order valence-corrected chi connectivity index (χ3v) is 5.74. The van der Waals surface area contributed by atoms with Gasteiger partial charge in [-0.2, -0.15) is 0 Å². The van der Waals surface area contributed by atoms with Gasteiger partial charge in [0.2, 0.25) is 0 Å². The zero-order chi connectivity index (χ0) is 25.5. The molecule has 7 heteroatoms. The second-order valence-corrected chi connectivity index (χ2v) is 9.33. The van der Waals surface area contributed by atoms with Gasteiger partial charge in [-0.25, -0.2) is 4.98 Å². The van der Waals surface area contributed by atoms with Crippen molar-refractivity contribution in [2.45, 2.75) is 39.6 Å². The number of hydrogen-bond donors (Lipinski definition) is 1. The Labute approximate surface area is 215 Å². The van der Waals surface area contributed by atoms with Crippen LogP contribution in [0.25, 0.3) is 10.9 Å². The van der Waals surface area contributed by atoms with E-state index in [1.165, 1.54) is 0 Å². The Hall–Kier alpha value is -3.77. The molecular weight excluding hydrogens is 478 g/mol. The largest absolute Gasteiger partial charge is 0.523 e. The van der Waals surface area contributed by atoms with Gasteiger partial charge >= 0.3 is 5.97 Å². The van der Waals surface area contributed by atoms with Crippen molar-refractivity contribution in [3.05, 3.63) is 95.1 Å². The molecule has 0 saturated carbocycles. The van der Waals surface area contributed by atoms with Crippen molar-refractivity contribution in [3.63, 3.8) is 0 Å². The summed E-state index contributed by atoms with van der Waals surface area (Å²) in [4.78, 5) is 14.3. The second-order valence-electron chi connectivity index (χ2n) is 8.89. The highest BCUT2D eigenvalue weighted by Gasteiger charge is 2.27. The summed E-state index contributed by atoms with van der Waals surface area (Å²) >= 11 is 6.20. The van der Waals surface area contributed by atoms with E-state index in [1.807, 2.05) is 68.4 Å². The number of rotatable bonds is 11. The molecule has 1 atom stereocenters. The highest BCUT2D eigenvalue weighted by atomic mass is 35.5. The van der Waals surface area contributed by atoms with Gasteiger partial charge in [0.1, 0.15) is 30.5 Å². The lowest BCUT2D eigenvalue weighted by molar-refractivity contribution is 0.191. The van der Waals surface area contributed by atoms with Crippen LogP contribution in [0.4, 0.5) is 0 Å². The average molecular weight is 507 g/mol. The summed E-state index contributed by atoms with van der Waals surface area (Å²) in [5, 5.41) is 11.3. The molecule has 0 spiro atoms. The lowest BCUT2D eigenvalue weighted by atomic mass is 10.1. The maximum Gasteiger partial charge on any atom is 0.523 e. The first-order valence-electron chi connectivity index (χ1n) is 11.8. The maximum absolute atomic E-state index is 9.66. The number of para-hydroxylation sites is 1. The van der Waals surface area contributed by atoms with E-state index in [9.17, 15) is 9.90 Å². The number of pyridine rings is 1. The fourth-order valence-electron chi connectivity index (χ4n) is 3.72. The second kappa shape index (κ2) is 11.8. The summed E-state index contributed by atoms with van der Waals surface area (Å²) in [6.07, 6.45) is -0.387. The minimum absolute atomic E-state index is 0.173. The standard InChI is InChI=1S/C29H28ClNO5/c1-19(2)14-28(29(32)33)36-27-13-11-22(30)15-21(27)17-34-24-7-5-8-25(16-24)35-18-23-12-10-20-6-3-4-9-26(20)31-23/h3-13,15-16,19,28H,14,17-18H2,1-2H3,(H,32,33)/p+1. The van der Waals surface area contributed by atoms with Crippen LogP contribution in [-0.2, 0) is 13.2 Å². The van der Waals surface area contributed by atoms with Gasteiger partial charge in [0.15, 0.2) is 0 Å². The number of carboxylic acid groups (broad SMARTS) is 1. The Balaban J connectivity index is 1.41. The van der Waals surface area contributed by atoms with Crippen LogP contribution in [0.2, 0.25) is 5.02 Å². The molecule has 1 aromatic heterocycles. The molecule has 0 saturated heterocycles. The molecule has 0 fully saturated rings. The molecule has 0 amide bonds. The van der Waals surface area contributed by atoms with E-state index < -0.39 is 12.1 Å². The quantitative estimate of drug-likeness (QED) is 0.224. The fourth-order valence-corrected chi connectivity index (χ4v) is 3.92. The summed E-state index contributed by atoms with van der Waals surface area (Å²) in [6, 6.07) is 24.4. The smallest absolute Gasteiger partial charge is 0.489 e. The number of hydrogen-bond acceptors (Lipinski definition) is 4. The zero-order valence-electron chi connectivity index (χ0n) is 20.2. The van der Waals surface area contributed by atoms with E-state index in [4.69, 9.17) is 25.8 Å².